The van der Waals surface area contributed by atoms with Gasteiger partial charge in [0, 0.05) is 31.2 Å². The quantitative estimate of drug-likeness (QED) is 0.915. The first-order chi connectivity index (χ1) is 9.65. The molecule has 20 heavy (non-hydrogen) atoms. The standard InChI is InChI=1S/C16H22N2O2/c1-11(2)20-14-5-3-4-12(8-14)16(19)18-7-6-13-9-17-10-15(13)18/h3-5,8,11,13,15,17H,6-7,9-10H2,1-2H3/t13-,15+/m0/s1. The number of carbonyl (C=O) groups is 1. The smallest absolute Gasteiger partial charge is 0.254 e. The highest BCUT2D eigenvalue weighted by molar-refractivity contribution is 5.95. The van der Waals surface area contributed by atoms with Crippen LogP contribution in [0.4, 0.5) is 0 Å². The first-order valence-electron chi connectivity index (χ1n) is 7.43. The third-order valence-electron chi connectivity index (χ3n) is 4.16. The van der Waals surface area contributed by atoms with Crippen molar-refractivity contribution in [1.29, 1.82) is 0 Å². The molecular formula is C16H22N2O2. The minimum absolute atomic E-state index is 0.121. The van der Waals surface area contributed by atoms with Gasteiger partial charge in [0.2, 0.25) is 0 Å². The predicted molar refractivity (Wildman–Crippen MR) is 78.0 cm³/mol. The summed E-state index contributed by atoms with van der Waals surface area (Å²) in [6.07, 6.45) is 1.24. The molecule has 0 saturated carbocycles. The Kier molecular flexibility index (Phi) is 3.66. The SMILES string of the molecule is CC(C)Oc1cccc(C(=O)N2CC[C@H]3CNC[C@H]32)c1. The molecule has 108 valence electrons. The van der Waals surface area contributed by atoms with E-state index in [2.05, 4.69) is 5.32 Å². The molecule has 2 atom stereocenters. The lowest BCUT2D eigenvalue weighted by molar-refractivity contribution is 0.0736. The van der Waals surface area contributed by atoms with Gasteiger partial charge in [-0.2, -0.15) is 0 Å². The number of hydrogen-bond donors (Lipinski definition) is 1. The van der Waals surface area contributed by atoms with Crippen molar-refractivity contribution >= 4 is 5.91 Å². The Morgan fingerprint density at radius 3 is 3.05 bits per heavy atom. The molecule has 1 aromatic carbocycles. The van der Waals surface area contributed by atoms with Gasteiger partial charge in [-0.05, 0) is 44.4 Å². The van der Waals surface area contributed by atoms with E-state index in [1.807, 2.05) is 43.0 Å². The van der Waals surface area contributed by atoms with Gasteiger partial charge < -0.3 is 15.0 Å². The number of hydrogen-bond acceptors (Lipinski definition) is 3. The lowest BCUT2D eigenvalue weighted by atomic mass is 10.0. The Morgan fingerprint density at radius 1 is 1.40 bits per heavy atom. The van der Waals surface area contributed by atoms with Crippen molar-refractivity contribution in [2.75, 3.05) is 19.6 Å². The van der Waals surface area contributed by atoms with Crippen LogP contribution in [0, 0.1) is 5.92 Å². The Labute approximate surface area is 120 Å². The van der Waals surface area contributed by atoms with E-state index in [0.29, 0.717) is 12.0 Å². The number of ether oxygens (including phenoxy) is 1. The van der Waals surface area contributed by atoms with Gasteiger partial charge >= 0.3 is 0 Å². The number of benzene rings is 1. The molecular weight excluding hydrogens is 252 g/mol. The molecule has 2 aliphatic heterocycles. The van der Waals surface area contributed by atoms with Crippen LogP contribution < -0.4 is 10.1 Å². The maximum atomic E-state index is 12.7. The second-order valence-corrected chi connectivity index (χ2v) is 5.97. The molecule has 1 N–H and O–H groups in total. The van der Waals surface area contributed by atoms with Gasteiger partial charge in [-0.3, -0.25) is 4.79 Å². The van der Waals surface area contributed by atoms with E-state index in [9.17, 15) is 4.79 Å². The van der Waals surface area contributed by atoms with Gasteiger partial charge in [0.05, 0.1) is 6.10 Å². The average Bonchev–Trinajstić information content (AvgIpc) is 2.99. The van der Waals surface area contributed by atoms with E-state index in [1.165, 1.54) is 0 Å². The van der Waals surface area contributed by atoms with Gasteiger partial charge in [0.25, 0.3) is 5.91 Å². The molecule has 4 heteroatoms. The summed E-state index contributed by atoms with van der Waals surface area (Å²) in [5.41, 5.74) is 0.732. The van der Waals surface area contributed by atoms with Crippen LogP contribution in [-0.2, 0) is 0 Å². The summed E-state index contributed by atoms with van der Waals surface area (Å²) in [4.78, 5) is 14.7. The van der Waals surface area contributed by atoms with Crippen LogP contribution >= 0.6 is 0 Å². The van der Waals surface area contributed by atoms with Crippen molar-refractivity contribution in [1.82, 2.24) is 10.2 Å². The summed E-state index contributed by atoms with van der Waals surface area (Å²) < 4.78 is 5.67. The molecule has 0 aromatic heterocycles. The first kappa shape index (κ1) is 13.4. The number of likely N-dealkylation sites (tertiary alicyclic amines) is 1. The second kappa shape index (κ2) is 5.44. The predicted octanol–water partition coefficient (Wildman–Crippen LogP) is 1.91. The van der Waals surface area contributed by atoms with Gasteiger partial charge in [0.15, 0.2) is 0 Å². The molecule has 3 rings (SSSR count). The summed E-state index contributed by atoms with van der Waals surface area (Å²) >= 11 is 0. The van der Waals surface area contributed by atoms with Crippen molar-refractivity contribution in [2.45, 2.75) is 32.4 Å². The highest BCUT2D eigenvalue weighted by Gasteiger charge is 2.40. The fourth-order valence-corrected chi connectivity index (χ4v) is 3.24. The first-order valence-corrected chi connectivity index (χ1v) is 7.43. The van der Waals surface area contributed by atoms with Crippen LogP contribution in [0.25, 0.3) is 0 Å². The third-order valence-corrected chi connectivity index (χ3v) is 4.16. The molecule has 1 aromatic rings. The lowest BCUT2D eigenvalue weighted by Gasteiger charge is -2.23. The monoisotopic (exact) mass is 274 g/mol. The van der Waals surface area contributed by atoms with Gasteiger partial charge in [-0.1, -0.05) is 6.07 Å². The molecule has 0 aliphatic carbocycles. The van der Waals surface area contributed by atoms with E-state index in [0.717, 1.165) is 37.4 Å². The van der Waals surface area contributed by atoms with Crippen LogP contribution in [0.15, 0.2) is 24.3 Å². The number of nitrogens with one attached hydrogen (secondary N) is 1. The summed E-state index contributed by atoms with van der Waals surface area (Å²) in [5.74, 6) is 1.54. The topological polar surface area (TPSA) is 41.6 Å². The second-order valence-electron chi connectivity index (χ2n) is 5.97. The molecule has 2 fully saturated rings. The Morgan fingerprint density at radius 2 is 2.25 bits per heavy atom. The molecule has 1 amide bonds. The van der Waals surface area contributed by atoms with Crippen LogP contribution in [0.5, 0.6) is 5.75 Å². The molecule has 0 spiro atoms. The normalized spacial score (nSPS) is 25.1. The minimum Gasteiger partial charge on any atom is -0.491 e. The molecule has 2 aliphatic rings. The number of carbonyl (C=O) groups excluding carboxylic acids is 1. The van der Waals surface area contributed by atoms with Crippen LogP contribution in [0.2, 0.25) is 0 Å². The van der Waals surface area contributed by atoms with Crippen LogP contribution in [0.1, 0.15) is 30.6 Å². The van der Waals surface area contributed by atoms with Crippen LogP contribution in [0.3, 0.4) is 0 Å². The van der Waals surface area contributed by atoms with Crippen molar-refractivity contribution in [3.63, 3.8) is 0 Å². The van der Waals surface area contributed by atoms with E-state index in [4.69, 9.17) is 4.74 Å². The fourth-order valence-electron chi connectivity index (χ4n) is 3.24. The van der Waals surface area contributed by atoms with E-state index in [1.54, 1.807) is 0 Å². The largest absolute Gasteiger partial charge is 0.491 e. The van der Waals surface area contributed by atoms with Crippen molar-refractivity contribution < 1.29 is 9.53 Å². The van der Waals surface area contributed by atoms with Crippen molar-refractivity contribution in [2.24, 2.45) is 5.92 Å². The van der Waals surface area contributed by atoms with E-state index < -0.39 is 0 Å². The number of nitrogens with zero attached hydrogens (tertiary/aromatic N) is 1. The maximum absolute atomic E-state index is 12.7. The van der Waals surface area contributed by atoms with E-state index >= 15 is 0 Å². The molecule has 0 radical (unpaired) electrons. The summed E-state index contributed by atoms with van der Waals surface area (Å²) in [6.45, 7) is 6.84. The minimum atomic E-state index is 0.121. The zero-order valence-electron chi connectivity index (χ0n) is 12.1. The highest BCUT2D eigenvalue weighted by atomic mass is 16.5. The molecule has 4 nitrogen and oxygen atoms in total. The summed E-state index contributed by atoms with van der Waals surface area (Å²) in [6, 6.07) is 7.91. The number of fused-ring (bicyclic) bond motifs is 1. The molecule has 2 saturated heterocycles. The Hall–Kier alpha value is -1.55. The number of rotatable bonds is 3. The van der Waals surface area contributed by atoms with Crippen LogP contribution in [-0.4, -0.2) is 42.6 Å². The Bertz CT molecular complexity index is 501. The molecule has 2 heterocycles. The van der Waals surface area contributed by atoms with Gasteiger partial charge in [-0.25, -0.2) is 0 Å². The summed E-state index contributed by atoms with van der Waals surface area (Å²) in [5, 5.41) is 3.38. The Balaban J connectivity index is 1.77. The molecule has 0 unspecified atom stereocenters. The summed E-state index contributed by atoms with van der Waals surface area (Å²) in [7, 11) is 0. The highest BCUT2D eigenvalue weighted by Crippen LogP contribution is 2.29. The average molecular weight is 274 g/mol. The fraction of sp³-hybridized carbons (Fsp3) is 0.562. The van der Waals surface area contributed by atoms with E-state index in [-0.39, 0.29) is 12.0 Å². The van der Waals surface area contributed by atoms with Crippen molar-refractivity contribution in [3.8, 4) is 5.75 Å². The zero-order valence-corrected chi connectivity index (χ0v) is 12.1. The third kappa shape index (κ3) is 2.52. The van der Waals surface area contributed by atoms with Gasteiger partial charge in [0.1, 0.15) is 5.75 Å². The number of amides is 1. The maximum Gasteiger partial charge on any atom is 0.254 e. The zero-order chi connectivity index (χ0) is 14.1. The van der Waals surface area contributed by atoms with Crippen molar-refractivity contribution in [3.05, 3.63) is 29.8 Å². The lowest BCUT2D eigenvalue weighted by Crippen LogP contribution is -2.39. The van der Waals surface area contributed by atoms with Gasteiger partial charge in [-0.15, -0.1) is 0 Å². The molecule has 0 bridgehead atoms.